The molecule has 0 amide bonds. The maximum atomic E-state index is 6.08. The highest BCUT2D eigenvalue weighted by atomic mass is 16.5. The lowest BCUT2D eigenvalue weighted by Crippen LogP contribution is -2.58. The molecule has 4 aliphatic rings. The maximum Gasteiger partial charge on any atom is 0.0830 e. The van der Waals surface area contributed by atoms with Crippen LogP contribution in [-0.2, 0) is 4.74 Å². The zero-order chi connectivity index (χ0) is 12.0. The zero-order valence-corrected chi connectivity index (χ0v) is 11.3. The number of hydrogen-bond acceptors (Lipinski definition) is 2. The molecule has 4 aliphatic carbocycles. The molecule has 0 aromatic rings. The fourth-order valence-corrected chi connectivity index (χ4v) is 5.66. The van der Waals surface area contributed by atoms with Gasteiger partial charge >= 0.3 is 0 Å². The van der Waals surface area contributed by atoms with Crippen LogP contribution < -0.4 is 5.73 Å². The van der Waals surface area contributed by atoms with Gasteiger partial charge in [-0.15, -0.1) is 0 Å². The Labute approximate surface area is 105 Å². The fourth-order valence-electron chi connectivity index (χ4n) is 5.66. The molecule has 0 aromatic carbocycles. The van der Waals surface area contributed by atoms with Gasteiger partial charge in [-0.25, -0.2) is 0 Å². The minimum Gasteiger partial charge on any atom is -0.377 e. The van der Waals surface area contributed by atoms with Crippen LogP contribution in [0.5, 0.6) is 0 Å². The summed E-state index contributed by atoms with van der Waals surface area (Å²) < 4.78 is 5.94. The number of ether oxygens (including phenoxy) is 1. The van der Waals surface area contributed by atoms with Gasteiger partial charge in [-0.05, 0) is 68.1 Å². The van der Waals surface area contributed by atoms with E-state index in [9.17, 15) is 0 Å². The SMILES string of the molecule is CCC(CN)(OC)C1C2CC3CC(C2)CC1C3. The van der Waals surface area contributed by atoms with Crippen LogP contribution in [0.3, 0.4) is 0 Å². The summed E-state index contributed by atoms with van der Waals surface area (Å²) in [4.78, 5) is 0. The van der Waals surface area contributed by atoms with Crippen molar-refractivity contribution in [2.24, 2.45) is 35.3 Å². The van der Waals surface area contributed by atoms with Crippen LogP contribution in [0.1, 0.15) is 45.4 Å². The summed E-state index contributed by atoms with van der Waals surface area (Å²) in [7, 11) is 1.88. The quantitative estimate of drug-likeness (QED) is 0.816. The van der Waals surface area contributed by atoms with E-state index >= 15 is 0 Å². The van der Waals surface area contributed by atoms with E-state index in [2.05, 4.69) is 6.92 Å². The number of rotatable bonds is 4. The van der Waals surface area contributed by atoms with Crippen molar-refractivity contribution in [2.75, 3.05) is 13.7 Å². The third-order valence-electron chi connectivity index (χ3n) is 6.18. The predicted molar refractivity (Wildman–Crippen MR) is 69.6 cm³/mol. The molecule has 4 rings (SSSR count). The first-order chi connectivity index (χ1) is 8.22. The van der Waals surface area contributed by atoms with Crippen LogP contribution in [0.25, 0.3) is 0 Å². The second-order valence-corrected chi connectivity index (χ2v) is 6.78. The van der Waals surface area contributed by atoms with Gasteiger partial charge in [0.1, 0.15) is 0 Å². The standard InChI is InChI=1S/C15H27NO/c1-3-15(9-16,17-2)14-12-5-10-4-11(7-12)8-13(14)6-10/h10-14H,3-9,16H2,1-2H3. The smallest absolute Gasteiger partial charge is 0.0830 e. The first kappa shape index (κ1) is 12.0. The second kappa shape index (κ2) is 4.24. The molecule has 2 heteroatoms. The lowest BCUT2D eigenvalue weighted by Gasteiger charge is -2.59. The van der Waals surface area contributed by atoms with Crippen molar-refractivity contribution in [3.63, 3.8) is 0 Å². The monoisotopic (exact) mass is 237 g/mol. The highest BCUT2D eigenvalue weighted by molar-refractivity contribution is 5.05. The average Bonchev–Trinajstić information content (AvgIpc) is 2.33. The van der Waals surface area contributed by atoms with E-state index < -0.39 is 0 Å². The molecule has 4 bridgehead atoms. The Morgan fingerprint density at radius 2 is 1.59 bits per heavy atom. The topological polar surface area (TPSA) is 35.2 Å². The van der Waals surface area contributed by atoms with Gasteiger partial charge in [-0.2, -0.15) is 0 Å². The molecule has 1 unspecified atom stereocenters. The molecule has 98 valence electrons. The van der Waals surface area contributed by atoms with Crippen LogP contribution in [0.2, 0.25) is 0 Å². The minimum absolute atomic E-state index is 0.0252. The third-order valence-corrected chi connectivity index (χ3v) is 6.18. The lowest BCUT2D eigenvalue weighted by molar-refractivity contribution is -0.155. The van der Waals surface area contributed by atoms with Gasteiger partial charge in [0.05, 0.1) is 5.60 Å². The van der Waals surface area contributed by atoms with Crippen molar-refractivity contribution in [2.45, 2.75) is 51.0 Å². The van der Waals surface area contributed by atoms with Crippen LogP contribution in [0.4, 0.5) is 0 Å². The molecule has 0 aliphatic heterocycles. The van der Waals surface area contributed by atoms with E-state index in [4.69, 9.17) is 10.5 Å². The number of nitrogens with two attached hydrogens (primary N) is 1. The van der Waals surface area contributed by atoms with Crippen LogP contribution in [0, 0.1) is 29.6 Å². The molecule has 0 aromatic heterocycles. The minimum atomic E-state index is -0.0252. The second-order valence-electron chi connectivity index (χ2n) is 6.78. The summed E-state index contributed by atoms with van der Waals surface area (Å²) in [6.07, 6.45) is 8.44. The molecule has 4 saturated carbocycles. The van der Waals surface area contributed by atoms with Gasteiger partial charge in [0.15, 0.2) is 0 Å². The molecule has 2 nitrogen and oxygen atoms in total. The zero-order valence-electron chi connectivity index (χ0n) is 11.3. The predicted octanol–water partition coefficient (Wildman–Crippen LogP) is 2.81. The highest BCUT2D eigenvalue weighted by Crippen LogP contribution is 2.59. The number of methoxy groups -OCH3 is 1. The van der Waals surface area contributed by atoms with Crippen molar-refractivity contribution < 1.29 is 4.74 Å². The maximum absolute atomic E-state index is 6.08. The van der Waals surface area contributed by atoms with Crippen molar-refractivity contribution in [3.05, 3.63) is 0 Å². The van der Waals surface area contributed by atoms with Crippen molar-refractivity contribution >= 4 is 0 Å². The lowest BCUT2D eigenvalue weighted by atomic mass is 9.48. The van der Waals surface area contributed by atoms with Crippen molar-refractivity contribution in [1.29, 1.82) is 0 Å². The fraction of sp³-hybridized carbons (Fsp3) is 1.00. The highest BCUT2D eigenvalue weighted by Gasteiger charge is 2.54. The van der Waals surface area contributed by atoms with E-state index in [-0.39, 0.29) is 5.60 Å². The van der Waals surface area contributed by atoms with Crippen molar-refractivity contribution in [1.82, 2.24) is 0 Å². The molecule has 1 atom stereocenters. The summed E-state index contributed by atoms with van der Waals surface area (Å²) in [6, 6.07) is 0. The summed E-state index contributed by atoms with van der Waals surface area (Å²) in [6.45, 7) is 2.95. The largest absolute Gasteiger partial charge is 0.377 e. The van der Waals surface area contributed by atoms with Crippen LogP contribution >= 0.6 is 0 Å². The average molecular weight is 237 g/mol. The number of hydrogen-bond donors (Lipinski definition) is 1. The Hall–Kier alpha value is -0.0800. The van der Waals surface area contributed by atoms with E-state index in [1.165, 1.54) is 32.1 Å². The van der Waals surface area contributed by atoms with E-state index in [0.29, 0.717) is 6.54 Å². The summed E-state index contributed by atoms with van der Waals surface area (Å²) >= 11 is 0. The molecular formula is C15H27NO. The van der Waals surface area contributed by atoms with E-state index in [1.807, 2.05) is 7.11 Å². The molecule has 17 heavy (non-hydrogen) atoms. The first-order valence-corrected chi connectivity index (χ1v) is 7.47. The Morgan fingerprint density at radius 3 is 1.94 bits per heavy atom. The summed E-state index contributed by atoms with van der Waals surface area (Å²) in [5, 5.41) is 0. The van der Waals surface area contributed by atoms with Gasteiger partial charge in [0.25, 0.3) is 0 Å². The molecular weight excluding hydrogens is 210 g/mol. The Kier molecular flexibility index (Phi) is 2.99. The Morgan fingerprint density at radius 1 is 1.06 bits per heavy atom. The van der Waals surface area contributed by atoms with Gasteiger partial charge in [-0.1, -0.05) is 6.92 Å². The summed E-state index contributed by atoms with van der Waals surface area (Å²) in [5.74, 6) is 4.65. The summed E-state index contributed by atoms with van der Waals surface area (Å²) in [5.41, 5.74) is 6.06. The molecule has 0 radical (unpaired) electrons. The van der Waals surface area contributed by atoms with Gasteiger partial charge < -0.3 is 10.5 Å². The van der Waals surface area contributed by atoms with E-state index in [0.717, 1.165) is 36.0 Å². The first-order valence-electron chi connectivity index (χ1n) is 7.47. The molecule has 0 spiro atoms. The van der Waals surface area contributed by atoms with E-state index in [1.54, 1.807) is 0 Å². The third kappa shape index (κ3) is 1.67. The van der Waals surface area contributed by atoms with Gasteiger partial charge in [-0.3, -0.25) is 0 Å². The Balaban J connectivity index is 1.87. The molecule has 4 fully saturated rings. The van der Waals surface area contributed by atoms with Crippen LogP contribution in [0.15, 0.2) is 0 Å². The normalized spacial score (nSPS) is 47.1. The Bertz CT molecular complexity index is 248. The van der Waals surface area contributed by atoms with Gasteiger partial charge in [0.2, 0.25) is 0 Å². The van der Waals surface area contributed by atoms with Gasteiger partial charge in [0, 0.05) is 13.7 Å². The van der Waals surface area contributed by atoms with Crippen LogP contribution in [-0.4, -0.2) is 19.3 Å². The van der Waals surface area contributed by atoms with Crippen molar-refractivity contribution in [3.8, 4) is 0 Å². The molecule has 0 saturated heterocycles. The molecule has 0 heterocycles. The molecule has 2 N–H and O–H groups in total.